The Morgan fingerprint density at radius 1 is 0.939 bits per heavy atom. The molecule has 164 valence electrons. The van der Waals surface area contributed by atoms with Gasteiger partial charge in [-0.1, -0.05) is 72.3 Å². The van der Waals surface area contributed by atoms with E-state index in [2.05, 4.69) is 18.2 Å². The minimum atomic E-state index is -0.743. The zero-order valence-corrected chi connectivity index (χ0v) is 18.3. The van der Waals surface area contributed by atoms with Crippen LogP contribution in [0.25, 0.3) is 22.9 Å². The summed E-state index contributed by atoms with van der Waals surface area (Å²) in [7, 11) is 1.48. The molecule has 0 N–H and O–H groups in total. The largest absolute Gasteiger partial charge is 0.493 e. The van der Waals surface area contributed by atoms with Gasteiger partial charge < -0.3 is 9.47 Å². The summed E-state index contributed by atoms with van der Waals surface area (Å²) in [6, 6.07) is 23.0. The van der Waals surface area contributed by atoms with Gasteiger partial charge in [-0.3, -0.25) is 10.1 Å². The van der Waals surface area contributed by atoms with Gasteiger partial charge in [-0.25, -0.2) is 4.79 Å². The van der Waals surface area contributed by atoms with Gasteiger partial charge in [-0.05, 0) is 40.1 Å². The lowest BCUT2D eigenvalue weighted by Crippen LogP contribution is -2.10. The van der Waals surface area contributed by atoms with Gasteiger partial charge >= 0.3 is 5.97 Å². The van der Waals surface area contributed by atoms with Crippen LogP contribution in [0.4, 0.5) is 5.69 Å². The molecule has 0 unspecified atom stereocenters. The number of benzene rings is 4. The number of nitrogens with zero attached hydrogens (tertiary/aromatic N) is 1. The molecule has 0 amide bonds. The van der Waals surface area contributed by atoms with Crippen molar-refractivity contribution in [1.82, 2.24) is 0 Å². The predicted octanol–water partition coefficient (Wildman–Crippen LogP) is 6.80. The van der Waals surface area contributed by atoms with E-state index in [0.717, 1.165) is 28.0 Å². The van der Waals surface area contributed by atoms with Gasteiger partial charge in [0.1, 0.15) is 0 Å². The first-order valence-corrected chi connectivity index (χ1v) is 10.3. The molecular weight excluding hydrogens is 442 g/mol. The highest BCUT2D eigenvalue weighted by molar-refractivity contribution is 6.33. The number of esters is 1. The third-order valence-corrected chi connectivity index (χ3v) is 5.37. The van der Waals surface area contributed by atoms with Crippen LogP contribution in [0.15, 0.2) is 78.9 Å². The van der Waals surface area contributed by atoms with E-state index < -0.39 is 10.9 Å². The van der Waals surface area contributed by atoms with Crippen LogP contribution < -0.4 is 9.47 Å². The average Bonchev–Trinajstić information content (AvgIpc) is 2.83. The van der Waals surface area contributed by atoms with Gasteiger partial charge in [0.25, 0.3) is 5.69 Å². The van der Waals surface area contributed by atoms with E-state index in [0.29, 0.717) is 5.75 Å². The fraction of sp³-hybridized carbons (Fsp3) is 0.0385. The molecule has 0 aliphatic rings. The number of carbonyl (C=O) groups is 1. The minimum Gasteiger partial charge on any atom is -0.493 e. The summed E-state index contributed by atoms with van der Waals surface area (Å²) >= 11 is 6.03. The smallest absolute Gasteiger partial charge is 0.345 e. The lowest BCUT2D eigenvalue weighted by Gasteiger charge is -2.11. The molecule has 0 radical (unpaired) electrons. The first-order chi connectivity index (χ1) is 16.0. The molecule has 4 aromatic rings. The van der Waals surface area contributed by atoms with Gasteiger partial charge in [-0.15, -0.1) is 0 Å². The highest BCUT2D eigenvalue weighted by atomic mass is 35.5. The number of nitro benzene ring substituents is 1. The molecule has 4 rings (SSSR count). The number of carbonyl (C=O) groups excluding carboxylic acids is 1. The number of non-ortho nitro benzene ring substituents is 1. The van der Waals surface area contributed by atoms with E-state index in [1.54, 1.807) is 18.2 Å². The Labute approximate surface area is 194 Å². The van der Waals surface area contributed by atoms with Gasteiger partial charge in [0, 0.05) is 12.1 Å². The van der Waals surface area contributed by atoms with Crippen molar-refractivity contribution in [1.29, 1.82) is 0 Å². The van der Waals surface area contributed by atoms with Crippen molar-refractivity contribution in [2.24, 2.45) is 0 Å². The minimum absolute atomic E-state index is 0.0178. The lowest BCUT2D eigenvalue weighted by atomic mass is 10.0. The Balaban J connectivity index is 1.56. The molecule has 0 saturated heterocycles. The summed E-state index contributed by atoms with van der Waals surface area (Å²) in [5.41, 5.74) is 1.74. The normalized spacial score (nSPS) is 11.0. The van der Waals surface area contributed by atoms with Crippen molar-refractivity contribution in [3.63, 3.8) is 0 Å². The maximum absolute atomic E-state index is 12.6. The summed E-state index contributed by atoms with van der Waals surface area (Å²) in [6.45, 7) is 0. The van der Waals surface area contributed by atoms with E-state index in [9.17, 15) is 14.9 Å². The van der Waals surface area contributed by atoms with Crippen LogP contribution >= 0.6 is 11.6 Å². The quantitative estimate of drug-likeness (QED) is 0.104. The summed E-state index contributed by atoms with van der Waals surface area (Å²) in [5, 5.41) is 13.1. The van der Waals surface area contributed by atoms with Crippen molar-refractivity contribution in [2.75, 3.05) is 7.11 Å². The highest BCUT2D eigenvalue weighted by Gasteiger charge is 2.18. The van der Waals surface area contributed by atoms with Crippen LogP contribution in [0.3, 0.4) is 0 Å². The van der Waals surface area contributed by atoms with E-state index in [-0.39, 0.29) is 22.0 Å². The molecule has 0 saturated carbocycles. The summed E-state index contributed by atoms with van der Waals surface area (Å²) in [4.78, 5) is 22.8. The van der Waals surface area contributed by atoms with Crippen molar-refractivity contribution in [3.8, 4) is 11.5 Å². The first-order valence-electron chi connectivity index (χ1n) is 9.96. The zero-order valence-electron chi connectivity index (χ0n) is 17.5. The van der Waals surface area contributed by atoms with E-state index in [1.165, 1.54) is 19.2 Å². The Kier molecular flexibility index (Phi) is 6.38. The SMILES string of the molecule is COc1cc(/C=C/c2cccc3ccccc23)ccc1OC(=O)c1ccc([N+](=O)[O-])cc1Cl. The summed E-state index contributed by atoms with van der Waals surface area (Å²) < 4.78 is 10.8. The lowest BCUT2D eigenvalue weighted by molar-refractivity contribution is -0.384. The van der Waals surface area contributed by atoms with Gasteiger partial charge in [0.2, 0.25) is 0 Å². The van der Waals surface area contributed by atoms with Crippen LogP contribution in [-0.2, 0) is 0 Å². The number of fused-ring (bicyclic) bond motifs is 1. The standard InChI is InChI=1S/C26H18ClNO5/c1-32-25-15-17(9-11-19-7-4-6-18-5-2-3-8-21(18)19)10-14-24(25)33-26(29)22-13-12-20(28(30)31)16-23(22)27/h2-16H,1H3/b11-9+. The molecule has 0 bridgehead atoms. The molecule has 4 aromatic carbocycles. The number of methoxy groups -OCH3 is 1. The Bertz CT molecular complexity index is 1390. The molecule has 0 aliphatic carbocycles. The van der Waals surface area contributed by atoms with Gasteiger partial charge in [0.15, 0.2) is 11.5 Å². The fourth-order valence-corrected chi connectivity index (χ4v) is 3.64. The molecule has 33 heavy (non-hydrogen) atoms. The molecule has 0 atom stereocenters. The second-order valence-corrected chi connectivity index (χ2v) is 7.53. The number of rotatable bonds is 6. The topological polar surface area (TPSA) is 78.7 Å². The molecular formula is C26H18ClNO5. The van der Waals surface area contributed by atoms with Crippen LogP contribution in [0, 0.1) is 10.1 Å². The van der Waals surface area contributed by atoms with Crippen molar-refractivity contribution < 1.29 is 19.2 Å². The second kappa shape index (κ2) is 9.54. The zero-order chi connectivity index (χ0) is 23.4. The third kappa shape index (κ3) is 4.86. The molecule has 6 nitrogen and oxygen atoms in total. The maximum Gasteiger partial charge on any atom is 0.345 e. The van der Waals surface area contributed by atoms with Crippen molar-refractivity contribution in [2.45, 2.75) is 0 Å². The number of hydrogen-bond acceptors (Lipinski definition) is 5. The highest BCUT2D eigenvalue weighted by Crippen LogP contribution is 2.31. The van der Waals surface area contributed by atoms with E-state index in [1.807, 2.05) is 36.4 Å². The molecule has 0 spiro atoms. The third-order valence-electron chi connectivity index (χ3n) is 5.05. The average molecular weight is 460 g/mol. The number of nitro groups is 1. The molecule has 0 fully saturated rings. The number of hydrogen-bond donors (Lipinski definition) is 0. The predicted molar refractivity (Wildman–Crippen MR) is 129 cm³/mol. The summed E-state index contributed by atoms with van der Waals surface area (Å²) in [6.07, 6.45) is 3.96. The Morgan fingerprint density at radius 3 is 2.48 bits per heavy atom. The van der Waals surface area contributed by atoms with E-state index in [4.69, 9.17) is 21.1 Å². The molecule has 0 aromatic heterocycles. The monoisotopic (exact) mass is 459 g/mol. The van der Waals surface area contributed by atoms with Crippen LogP contribution in [-0.4, -0.2) is 18.0 Å². The number of halogens is 1. The van der Waals surface area contributed by atoms with Crippen molar-refractivity contribution in [3.05, 3.63) is 111 Å². The Morgan fingerprint density at radius 2 is 1.73 bits per heavy atom. The first kappa shape index (κ1) is 22.0. The van der Waals surface area contributed by atoms with Crippen LogP contribution in [0.5, 0.6) is 11.5 Å². The van der Waals surface area contributed by atoms with Gasteiger partial charge in [0.05, 0.1) is 22.6 Å². The Hall–Kier alpha value is -4.16. The molecule has 0 heterocycles. The number of ether oxygens (including phenoxy) is 2. The van der Waals surface area contributed by atoms with Crippen LogP contribution in [0.2, 0.25) is 5.02 Å². The molecule has 0 aliphatic heterocycles. The van der Waals surface area contributed by atoms with Gasteiger partial charge in [-0.2, -0.15) is 0 Å². The fourth-order valence-electron chi connectivity index (χ4n) is 3.39. The van der Waals surface area contributed by atoms with Crippen LogP contribution in [0.1, 0.15) is 21.5 Å². The van der Waals surface area contributed by atoms with Crippen molar-refractivity contribution >= 4 is 46.2 Å². The van der Waals surface area contributed by atoms with E-state index >= 15 is 0 Å². The maximum atomic E-state index is 12.6. The second-order valence-electron chi connectivity index (χ2n) is 7.12. The summed E-state index contributed by atoms with van der Waals surface area (Å²) in [5.74, 6) is -0.173. The molecule has 7 heteroatoms.